The lowest BCUT2D eigenvalue weighted by atomic mass is 10.1. The molecule has 44 heavy (non-hydrogen) atoms. The van der Waals surface area contributed by atoms with Crippen LogP contribution in [0, 0.1) is 0 Å². The Kier molecular flexibility index (Phi) is 10.2. The van der Waals surface area contributed by atoms with E-state index in [0.717, 1.165) is 37.6 Å². The normalized spacial score (nSPS) is 17.2. The van der Waals surface area contributed by atoms with Crippen molar-refractivity contribution >= 4 is 59.1 Å². The van der Waals surface area contributed by atoms with Crippen LogP contribution in [0.2, 0.25) is 5.02 Å². The third-order valence-corrected chi connectivity index (χ3v) is 8.01. The van der Waals surface area contributed by atoms with Crippen molar-refractivity contribution in [2.75, 3.05) is 56.6 Å². The molecule has 1 amide bonds. The van der Waals surface area contributed by atoms with Gasteiger partial charge < -0.3 is 24.6 Å². The first-order valence-electron chi connectivity index (χ1n) is 14.4. The quantitative estimate of drug-likeness (QED) is 0.268. The average molecular weight is 634 g/mol. The summed E-state index contributed by atoms with van der Waals surface area (Å²) < 4.78 is 12.0. The molecule has 1 fully saturated rings. The molecule has 2 aromatic heterocycles. The first kappa shape index (κ1) is 31.5. The molecule has 6 rings (SSSR count). The van der Waals surface area contributed by atoms with Gasteiger partial charge in [-0.05, 0) is 56.4 Å². The van der Waals surface area contributed by atoms with Gasteiger partial charge in [0.15, 0.2) is 5.75 Å². The summed E-state index contributed by atoms with van der Waals surface area (Å²) in [5.41, 5.74) is 2.92. The molecule has 230 valence electrons. The Labute approximate surface area is 269 Å². The van der Waals surface area contributed by atoms with Crippen LogP contribution in [0.1, 0.15) is 12.6 Å². The predicted octanol–water partition coefficient (Wildman–Crippen LogP) is 5.03. The second-order valence-electron chi connectivity index (χ2n) is 10.8. The summed E-state index contributed by atoms with van der Waals surface area (Å²) >= 11 is 6.56. The number of piperazine rings is 1. The molecule has 0 radical (unpaired) electrons. The number of likely N-dealkylation sites (N-methyl/N-ethyl adjacent to an activating group) is 1. The first-order chi connectivity index (χ1) is 21.0. The molecule has 0 aliphatic carbocycles. The van der Waals surface area contributed by atoms with E-state index >= 15 is 0 Å². The van der Waals surface area contributed by atoms with E-state index in [1.165, 1.54) is 6.33 Å². The van der Waals surface area contributed by atoms with Crippen LogP contribution in [0.4, 0.5) is 17.2 Å². The fraction of sp³-hybridized carbons (Fsp3) is 0.312. The Bertz CT molecular complexity index is 1640. The van der Waals surface area contributed by atoms with Crippen LogP contribution in [-0.2, 0) is 11.4 Å². The number of amides is 1. The first-order valence-corrected chi connectivity index (χ1v) is 14.7. The van der Waals surface area contributed by atoms with E-state index in [1.807, 2.05) is 42.5 Å². The van der Waals surface area contributed by atoms with Crippen molar-refractivity contribution in [3.63, 3.8) is 0 Å². The SMILES string of the molecule is C[C@H]1CN(C)CCN1C/C=C/C(=O)N1CCOc2c1ccc1ncnc(Nc3ccc(OCc4ccccn4)c(Cl)c3)c21.S. The maximum atomic E-state index is 13.3. The highest BCUT2D eigenvalue weighted by Crippen LogP contribution is 2.42. The minimum atomic E-state index is -0.0786. The monoisotopic (exact) mass is 633 g/mol. The summed E-state index contributed by atoms with van der Waals surface area (Å²) in [6, 6.07) is 15.3. The zero-order valence-corrected chi connectivity index (χ0v) is 26.5. The molecule has 0 saturated carbocycles. The molecule has 1 N–H and O–H groups in total. The van der Waals surface area contributed by atoms with Crippen molar-refractivity contribution in [2.24, 2.45) is 0 Å². The molecular formula is C32H36ClN7O3S. The Morgan fingerprint density at radius 1 is 1.14 bits per heavy atom. The van der Waals surface area contributed by atoms with Crippen LogP contribution in [0.15, 0.2) is 73.2 Å². The lowest BCUT2D eigenvalue weighted by Gasteiger charge is -2.37. The number of fused-ring (bicyclic) bond motifs is 3. The van der Waals surface area contributed by atoms with Crippen LogP contribution in [-0.4, -0.2) is 83.1 Å². The zero-order valence-electron chi connectivity index (χ0n) is 24.7. The van der Waals surface area contributed by atoms with E-state index in [4.69, 9.17) is 21.1 Å². The van der Waals surface area contributed by atoms with Gasteiger partial charge in [-0.2, -0.15) is 13.5 Å². The Balaban J connectivity index is 0.00000384. The van der Waals surface area contributed by atoms with Crippen molar-refractivity contribution in [2.45, 2.75) is 19.6 Å². The lowest BCUT2D eigenvalue weighted by Crippen LogP contribution is -2.50. The summed E-state index contributed by atoms with van der Waals surface area (Å²) in [5, 5.41) is 4.50. The van der Waals surface area contributed by atoms with Gasteiger partial charge >= 0.3 is 0 Å². The minimum absolute atomic E-state index is 0. The molecule has 2 aromatic carbocycles. The molecule has 4 heterocycles. The smallest absolute Gasteiger partial charge is 0.250 e. The van der Waals surface area contributed by atoms with Gasteiger partial charge in [-0.15, -0.1) is 0 Å². The number of hydrogen-bond donors (Lipinski definition) is 1. The number of nitrogens with zero attached hydrogens (tertiary/aromatic N) is 6. The third-order valence-electron chi connectivity index (χ3n) is 7.72. The van der Waals surface area contributed by atoms with E-state index in [1.54, 1.807) is 29.3 Å². The van der Waals surface area contributed by atoms with Crippen molar-refractivity contribution in [3.05, 3.63) is 83.9 Å². The fourth-order valence-corrected chi connectivity index (χ4v) is 5.68. The average Bonchev–Trinajstić information content (AvgIpc) is 3.02. The van der Waals surface area contributed by atoms with Gasteiger partial charge in [0, 0.05) is 50.2 Å². The number of halogens is 1. The number of rotatable bonds is 8. The molecule has 0 unspecified atom stereocenters. The van der Waals surface area contributed by atoms with E-state index in [0.29, 0.717) is 64.7 Å². The highest BCUT2D eigenvalue weighted by atomic mass is 35.5. The van der Waals surface area contributed by atoms with E-state index in [-0.39, 0.29) is 19.4 Å². The number of hydrogen-bond acceptors (Lipinski definition) is 9. The van der Waals surface area contributed by atoms with Crippen molar-refractivity contribution < 1.29 is 14.3 Å². The fourth-order valence-electron chi connectivity index (χ4n) is 5.45. The molecule has 12 heteroatoms. The molecule has 2 aliphatic heterocycles. The Hall–Kier alpha value is -3.90. The van der Waals surface area contributed by atoms with E-state index in [2.05, 4.69) is 44.0 Å². The summed E-state index contributed by atoms with van der Waals surface area (Å²) in [4.78, 5) is 33.1. The molecule has 2 aliphatic rings. The van der Waals surface area contributed by atoms with Gasteiger partial charge in [0.1, 0.15) is 31.1 Å². The maximum Gasteiger partial charge on any atom is 0.250 e. The third kappa shape index (κ3) is 7.07. The standard InChI is InChI=1S/C32H34ClN7O3.H2S/c1-22-19-38(2)14-15-39(22)13-5-7-29(41)40-16-17-42-31-27(40)10-9-26-30(31)32(36-21-35-26)37-23-8-11-28(25(33)18-23)43-20-24-6-3-4-12-34-24;/h3-12,18,21-22H,13-17,19-20H2,1-2H3,(H,35,36,37);1H2/b7-5+;/t22-;/m0./s1. The molecule has 10 nitrogen and oxygen atoms in total. The molecule has 0 bridgehead atoms. The molecule has 0 spiro atoms. The molecule has 1 saturated heterocycles. The van der Waals surface area contributed by atoms with Gasteiger partial charge in [0.2, 0.25) is 0 Å². The molecule has 1 atom stereocenters. The number of benzene rings is 2. The summed E-state index contributed by atoms with van der Waals surface area (Å²) in [5.74, 6) is 1.59. The summed E-state index contributed by atoms with van der Waals surface area (Å²) in [6.07, 6.45) is 6.86. The number of aromatic nitrogens is 3. The van der Waals surface area contributed by atoms with Crippen LogP contribution >= 0.6 is 25.1 Å². The van der Waals surface area contributed by atoms with Crippen LogP contribution < -0.4 is 19.7 Å². The van der Waals surface area contributed by atoms with Gasteiger partial charge in [0.25, 0.3) is 5.91 Å². The number of ether oxygens (including phenoxy) is 2. The molecular weight excluding hydrogens is 598 g/mol. The Morgan fingerprint density at radius 3 is 2.82 bits per heavy atom. The van der Waals surface area contributed by atoms with Crippen LogP contribution in [0.5, 0.6) is 11.5 Å². The van der Waals surface area contributed by atoms with Crippen molar-refractivity contribution in [1.29, 1.82) is 0 Å². The van der Waals surface area contributed by atoms with Crippen LogP contribution in [0.25, 0.3) is 10.9 Å². The van der Waals surface area contributed by atoms with Gasteiger partial charge in [-0.25, -0.2) is 9.97 Å². The van der Waals surface area contributed by atoms with Crippen molar-refractivity contribution in [3.8, 4) is 11.5 Å². The van der Waals surface area contributed by atoms with Gasteiger partial charge in [-0.3, -0.25) is 14.7 Å². The van der Waals surface area contributed by atoms with Gasteiger partial charge in [0.05, 0.1) is 33.9 Å². The minimum Gasteiger partial charge on any atom is -0.489 e. The zero-order chi connectivity index (χ0) is 29.8. The summed E-state index contributed by atoms with van der Waals surface area (Å²) in [7, 11) is 2.14. The number of anilines is 3. The Morgan fingerprint density at radius 2 is 2.02 bits per heavy atom. The second-order valence-corrected chi connectivity index (χ2v) is 11.2. The topological polar surface area (TPSA) is 96.0 Å². The number of carbonyl (C=O) groups is 1. The second kappa shape index (κ2) is 14.3. The number of carbonyl (C=O) groups excluding carboxylic acids is 1. The summed E-state index contributed by atoms with van der Waals surface area (Å²) in [6.45, 7) is 7.15. The van der Waals surface area contributed by atoms with Crippen molar-refractivity contribution in [1.82, 2.24) is 24.8 Å². The highest BCUT2D eigenvalue weighted by Gasteiger charge is 2.26. The van der Waals surface area contributed by atoms with E-state index < -0.39 is 0 Å². The number of nitrogens with one attached hydrogen (secondary N) is 1. The van der Waals surface area contributed by atoms with Gasteiger partial charge in [-0.1, -0.05) is 23.7 Å². The molecule has 4 aromatic rings. The largest absolute Gasteiger partial charge is 0.489 e. The highest BCUT2D eigenvalue weighted by molar-refractivity contribution is 7.59. The predicted molar refractivity (Wildman–Crippen MR) is 179 cm³/mol. The number of pyridine rings is 1. The van der Waals surface area contributed by atoms with Crippen LogP contribution in [0.3, 0.4) is 0 Å². The maximum absolute atomic E-state index is 13.3. The van der Waals surface area contributed by atoms with E-state index in [9.17, 15) is 4.79 Å². The lowest BCUT2D eigenvalue weighted by molar-refractivity contribution is -0.114.